The van der Waals surface area contributed by atoms with Gasteiger partial charge in [-0.05, 0) is 50.5 Å². The van der Waals surface area contributed by atoms with Crippen molar-refractivity contribution < 1.29 is 4.79 Å². The highest BCUT2D eigenvalue weighted by atomic mass is 32.2. The van der Waals surface area contributed by atoms with E-state index in [1.54, 1.807) is 6.20 Å². The molecule has 3 aromatic rings. The van der Waals surface area contributed by atoms with E-state index in [0.29, 0.717) is 16.7 Å². The Bertz CT molecular complexity index is 1030. The standard InChI is InChI=1S/C24H29N5OS/c1-18-11-12-21(19(2)16-18)29-23(20-10-6-7-13-25-20)26-27-24(29)31-17-22(30)28-14-8-4-3-5-9-15-28/h6-7,10-13,16H,3-5,8-9,14-15,17H2,1-2H3. The van der Waals surface area contributed by atoms with E-state index < -0.39 is 0 Å². The predicted octanol–water partition coefficient (Wildman–Crippen LogP) is 4.83. The van der Waals surface area contributed by atoms with Gasteiger partial charge in [-0.3, -0.25) is 14.3 Å². The van der Waals surface area contributed by atoms with Crippen LogP contribution in [0.2, 0.25) is 0 Å². The fourth-order valence-electron chi connectivity index (χ4n) is 4.01. The molecular formula is C24H29N5OS. The number of amides is 1. The quantitative estimate of drug-likeness (QED) is 0.537. The maximum Gasteiger partial charge on any atom is 0.233 e. The molecule has 1 aliphatic rings. The van der Waals surface area contributed by atoms with Crippen molar-refractivity contribution in [2.45, 2.75) is 51.1 Å². The second-order valence-electron chi connectivity index (χ2n) is 8.08. The van der Waals surface area contributed by atoms with Gasteiger partial charge in [0.05, 0.1) is 11.4 Å². The van der Waals surface area contributed by atoms with Gasteiger partial charge >= 0.3 is 0 Å². The van der Waals surface area contributed by atoms with Gasteiger partial charge in [0, 0.05) is 19.3 Å². The Morgan fingerprint density at radius 2 is 1.77 bits per heavy atom. The van der Waals surface area contributed by atoms with Crippen molar-refractivity contribution in [3.63, 3.8) is 0 Å². The zero-order chi connectivity index (χ0) is 21.6. The maximum absolute atomic E-state index is 12.9. The number of carbonyl (C=O) groups excluding carboxylic acids is 1. The highest BCUT2D eigenvalue weighted by Crippen LogP contribution is 2.29. The van der Waals surface area contributed by atoms with E-state index >= 15 is 0 Å². The van der Waals surface area contributed by atoms with Crippen LogP contribution in [-0.2, 0) is 4.79 Å². The lowest BCUT2D eigenvalue weighted by Gasteiger charge is -2.24. The second kappa shape index (κ2) is 10.1. The Labute approximate surface area is 188 Å². The van der Waals surface area contributed by atoms with Crippen LogP contribution in [0.25, 0.3) is 17.2 Å². The number of nitrogens with zero attached hydrogens (tertiary/aromatic N) is 5. The summed E-state index contributed by atoms with van der Waals surface area (Å²) in [5.74, 6) is 1.24. The molecule has 0 N–H and O–H groups in total. The van der Waals surface area contributed by atoms with Gasteiger partial charge in [-0.25, -0.2) is 0 Å². The summed E-state index contributed by atoms with van der Waals surface area (Å²) < 4.78 is 2.03. The molecule has 1 aliphatic heterocycles. The van der Waals surface area contributed by atoms with Crippen molar-refractivity contribution in [1.29, 1.82) is 0 Å². The summed E-state index contributed by atoms with van der Waals surface area (Å²) in [5, 5.41) is 9.61. The van der Waals surface area contributed by atoms with E-state index in [2.05, 4.69) is 47.2 Å². The summed E-state index contributed by atoms with van der Waals surface area (Å²) in [7, 11) is 0. The third kappa shape index (κ3) is 5.15. The summed E-state index contributed by atoms with van der Waals surface area (Å²) in [4.78, 5) is 19.4. The third-order valence-electron chi connectivity index (χ3n) is 5.65. The van der Waals surface area contributed by atoms with E-state index in [1.807, 2.05) is 27.7 Å². The van der Waals surface area contributed by atoms with Gasteiger partial charge in [-0.1, -0.05) is 54.8 Å². The molecule has 0 atom stereocenters. The third-order valence-corrected chi connectivity index (χ3v) is 6.57. The van der Waals surface area contributed by atoms with E-state index in [-0.39, 0.29) is 5.91 Å². The number of benzene rings is 1. The fourth-order valence-corrected chi connectivity index (χ4v) is 4.86. The van der Waals surface area contributed by atoms with Gasteiger partial charge in [0.1, 0.15) is 5.69 Å². The molecule has 0 unspecified atom stereocenters. The molecule has 1 fully saturated rings. The number of rotatable bonds is 5. The first-order valence-electron chi connectivity index (χ1n) is 11.0. The molecule has 3 heterocycles. The van der Waals surface area contributed by atoms with E-state index in [1.165, 1.54) is 36.6 Å². The van der Waals surface area contributed by atoms with Gasteiger partial charge in [-0.15, -0.1) is 10.2 Å². The SMILES string of the molecule is Cc1ccc(-n2c(SCC(=O)N3CCCCCCC3)nnc2-c2ccccn2)c(C)c1. The van der Waals surface area contributed by atoms with Crippen LogP contribution in [0.15, 0.2) is 47.8 Å². The van der Waals surface area contributed by atoms with Crippen molar-refractivity contribution in [2.75, 3.05) is 18.8 Å². The smallest absolute Gasteiger partial charge is 0.233 e. The summed E-state index contributed by atoms with van der Waals surface area (Å²) in [6.07, 6.45) is 7.66. The first-order valence-corrected chi connectivity index (χ1v) is 12.0. The van der Waals surface area contributed by atoms with Gasteiger partial charge in [-0.2, -0.15) is 0 Å². The van der Waals surface area contributed by atoms with Crippen molar-refractivity contribution in [1.82, 2.24) is 24.6 Å². The molecule has 31 heavy (non-hydrogen) atoms. The average Bonchev–Trinajstić information content (AvgIpc) is 3.16. The Hall–Kier alpha value is -2.67. The fraction of sp³-hybridized carbons (Fsp3) is 0.417. The number of aromatic nitrogens is 4. The molecule has 0 spiro atoms. The van der Waals surface area contributed by atoms with Crippen LogP contribution in [0.5, 0.6) is 0 Å². The van der Waals surface area contributed by atoms with Crippen molar-refractivity contribution in [3.8, 4) is 17.2 Å². The largest absolute Gasteiger partial charge is 0.342 e. The van der Waals surface area contributed by atoms with Crippen LogP contribution in [0.1, 0.15) is 43.2 Å². The minimum Gasteiger partial charge on any atom is -0.342 e. The average molecular weight is 436 g/mol. The lowest BCUT2D eigenvalue weighted by atomic mass is 10.1. The number of hydrogen-bond donors (Lipinski definition) is 0. The highest BCUT2D eigenvalue weighted by Gasteiger charge is 2.21. The maximum atomic E-state index is 12.9. The van der Waals surface area contributed by atoms with E-state index in [9.17, 15) is 4.79 Å². The molecule has 162 valence electrons. The first kappa shape index (κ1) is 21.6. The monoisotopic (exact) mass is 435 g/mol. The molecule has 1 aromatic carbocycles. The van der Waals surface area contributed by atoms with Crippen LogP contribution in [0, 0.1) is 13.8 Å². The zero-order valence-corrected chi connectivity index (χ0v) is 19.1. The Balaban J connectivity index is 1.61. The van der Waals surface area contributed by atoms with Crippen LogP contribution >= 0.6 is 11.8 Å². The lowest BCUT2D eigenvalue weighted by molar-refractivity contribution is -0.128. The van der Waals surface area contributed by atoms with Crippen LogP contribution in [0.3, 0.4) is 0 Å². The predicted molar refractivity (Wildman–Crippen MR) is 124 cm³/mol. The van der Waals surface area contributed by atoms with Gasteiger partial charge in [0.15, 0.2) is 11.0 Å². The lowest BCUT2D eigenvalue weighted by Crippen LogP contribution is -2.35. The molecule has 0 bridgehead atoms. The molecule has 0 saturated carbocycles. The molecule has 6 nitrogen and oxygen atoms in total. The zero-order valence-electron chi connectivity index (χ0n) is 18.3. The summed E-state index contributed by atoms with van der Waals surface area (Å²) in [6.45, 7) is 5.90. The number of carbonyl (C=O) groups is 1. The number of hydrogen-bond acceptors (Lipinski definition) is 5. The Morgan fingerprint density at radius 1 is 1.00 bits per heavy atom. The molecule has 1 saturated heterocycles. The van der Waals surface area contributed by atoms with Gasteiger partial charge in [0.25, 0.3) is 0 Å². The Kier molecular flexibility index (Phi) is 7.02. The van der Waals surface area contributed by atoms with E-state index in [4.69, 9.17) is 0 Å². The molecule has 7 heteroatoms. The minimum atomic E-state index is 0.182. The minimum absolute atomic E-state index is 0.182. The normalized spacial score (nSPS) is 14.8. The molecule has 2 aromatic heterocycles. The van der Waals surface area contributed by atoms with Gasteiger partial charge in [0.2, 0.25) is 5.91 Å². The second-order valence-corrected chi connectivity index (χ2v) is 9.03. The number of thioether (sulfide) groups is 1. The van der Waals surface area contributed by atoms with Crippen LogP contribution in [0.4, 0.5) is 0 Å². The molecule has 4 rings (SSSR count). The molecule has 1 amide bonds. The molecule has 0 aliphatic carbocycles. The highest BCUT2D eigenvalue weighted by molar-refractivity contribution is 7.99. The van der Waals surface area contributed by atoms with Crippen LogP contribution < -0.4 is 0 Å². The Morgan fingerprint density at radius 3 is 2.48 bits per heavy atom. The van der Waals surface area contributed by atoms with Crippen molar-refractivity contribution in [3.05, 3.63) is 53.7 Å². The van der Waals surface area contributed by atoms with E-state index in [0.717, 1.165) is 42.9 Å². The summed E-state index contributed by atoms with van der Waals surface area (Å²) >= 11 is 1.45. The molecular weight excluding hydrogens is 406 g/mol. The van der Waals surface area contributed by atoms with Gasteiger partial charge < -0.3 is 4.90 Å². The number of likely N-dealkylation sites (tertiary alicyclic amines) is 1. The van der Waals surface area contributed by atoms with Crippen LogP contribution in [-0.4, -0.2) is 49.4 Å². The topological polar surface area (TPSA) is 63.9 Å². The number of pyridine rings is 1. The summed E-state index contributed by atoms with van der Waals surface area (Å²) in [5.41, 5.74) is 4.11. The summed E-state index contributed by atoms with van der Waals surface area (Å²) in [6, 6.07) is 12.1. The molecule has 0 radical (unpaired) electrons. The van der Waals surface area contributed by atoms with Crippen molar-refractivity contribution >= 4 is 17.7 Å². The number of aryl methyl sites for hydroxylation is 2. The first-order chi connectivity index (χ1) is 15.1. The van der Waals surface area contributed by atoms with Crippen molar-refractivity contribution in [2.24, 2.45) is 0 Å².